The van der Waals surface area contributed by atoms with Gasteiger partial charge in [-0.25, -0.2) is 0 Å². The summed E-state index contributed by atoms with van der Waals surface area (Å²) < 4.78 is 0. The first kappa shape index (κ1) is 15.7. The van der Waals surface area contributed by atoms with Gasteiger partial charge in [0.25, 0.3) is 5.91 Å². The molecule has 2 amide bonds. The van der Waals surface area contributed by atoms with Gasteiger partial charge in [-0.15, -0.1) is 0 Å². The minimum absolute atomic E-state index is 0.0831. The van der Waals surface area contributed by atoms with Crippen molar-refractivity contribution >= 4 is 11.8 Å². The number of amides is 2. The van der Waals surface area contributed by atoms with Crippen LogP contribution in [0.25, 0.3) is 0 Å². The number of hydrogen-bond acceptors (Lipinski definition) is 3. The van der Waals surface area contributed by atoms with Gasteiger partial charge in [0.2, 0.25) is 5.91 Å². The lowest BCUT2D eigenvalue weighted by Gasteiger charge is -2.34. The van der Waals surface area contributed by atoms with Crippen LogP contribution in [0.1, 0.15) is 42.5 Å². The number of hydrogen-bond donors (Lipinski definition) is 1. The Labute approximate surface area is 136 Å². The van der Waals surface area contributed by atoms with Crippen LogP contribution < -0.4 is 5.32 Å². The van der Waals surface area contributed by atoms with Gasteiger partial charge in [0, 0.05) is 37.4 Å². The predicted octanol–water partition coefficient (Wildman–Crippen LogP) is 2.16. The molecular formula is C18H23N3O2. The Morgan fingerprint density at radius 2 is 2.00 bits per heavy atom. The van der Waals surface area contributed by atoms with E-state index in [1.165, 1.54) is 0 Å². The molecule has 1 saturated heterocycles. The highest BCUT2D eigenvalue weighted by molar-refractivity contribution is 5.94. The third-order valence-corrected chi connectivity index (χ3v) is 4.68. The van der Waals surface area contributed by atoms with Crippen molar-refractivity contribution in [3.63, 3.8) is 0 Å². The maximum Gasteiger partial charge on any atom is 0.253 e. The molecule has 1 atom stereocenters. The van der Waals surface area contributed by atoms with E-state index in [1.807, 2.05) is 4.90 Å². The van der Waals surface area contributed by atoms with E-state index < -0.39 is 0 Å². The number of likely N-dealkylation sites (tertiary alicyclic amines) is 1. The summed E-state index contributed by atoms with van der Waals surface area (Å²) in [6, 6.07) is 3.66. The van der Waals surface area contributed by atoms with Crippen LogP contribution in [0.3, 0.4) is 0 Å². The maximum atomic E-state index is 12.5. The summed E-state index contributed by atoms with van der Waals surface area (Å²) in [6.07, 6.45) is 12.0. The summed E-state index contributed by atoms with van der Waals surface area (Å²) in [5.74, 6) is 0.355. The molecule has 1 aromatic heterocycles. The molecule has 5 heteroatoms. The van der Waals surface area contributed by atoms with E-state index in [-0.39, 0.29) is 23.8 Å². The maximum absolute atomic E-state index is 12.5. The van der Waals surface area contributed by atoms with Crippen molar-refractivity contribution in [3.8, 4) is 0 Å². The molecule has 0 saturated carbocycles. The van der Waals surface area contributed by atoms with Crippen molar-refractivity contribution in [1.82, 2.24) is 15.2 Å². The van der Waals surface area contributed by atoms with Crippen molar-refractivity contribution in [2.45, 2.75) is 38.1 Å². The van der Waals surface area contributed by atoms with Gasteiger partial charge < -0.3 is 10.2 Å². The summed E-state index contributed by atoms with van der Waals surface area (Å²) in [5.41, 5.74) is 0.583. The largest absolute Gasteiger partial charge is 0.349 e. The lowest BCUT2D eigenvalue weighted by Crippen LogP contribution is -2.48. The fourth-order valence-corrected chi connectivity index (χ4v) is 3.29. The average molecular weight is 313 g/mol. The van der Waals surface area contributed by atoms with Crippen LogP contribution in [0.2, 0.25) is 0 Å². The fourth-order valence-electron chi connectivity index (χ4n) is 3.29. The first-order chi connectivity index (χ1) is 11.2. The minimum Gasteiger partial charge on any atom is -0.349 e. The topological polar surface area (TPSA) is 62.3 Å². The standard InChI is InChI=1S/C18H23N3O2/c22-17(15-7-4-10-19-13-15)20-16-8-11-21(12-9-16)18(23)14-5-2-1-3-6-14/h1-2,4,7,10,13-14,16H,3,5-6,8-9,11-12H2,(H,20,22)/t14-/m1/s1. The molecule has 2 heterocycles. The predicted molar refractivity (Wildman–Crippen MR) is 87.8 cm³/mol. The van der Waals surface area contributed by atoms with Gasteiger partial charge in [0.15, 0.2) is 0 Å². The Bertz CT molecular complexity index is 577. The van der Waals surface area contributed by atoms with E-state index in [2.05, 4.69) is 22.5 Å². The van der Waals surface area contributed by atoms with Gasteiger partial charge in [-0.05, 0) is 44.2 Å². The van der Waals surface area contributed by atoms with E-state index in [9.17, 15) is 9.59 Å². The van der Waals surface area contributed by atoms with E-state index in [0.29, 0.717) is 5.56 Å². The molecule has 0 unspecified atom stereocenters. The Balaban J connectivity index is 1.47. The van der Waals surface area contributed by atoms with Crippen LogP contribution in [0.15, 0.2) is 36.7 Å². The van der Waals surface area contributed by atoms with Crippen LogP contribution in [-0.4, -0.2) is 40.8 Å². The van der Waals surface area contributed by atoms with Crippen LogP contribution in [0.4, 0.5) is 0 Å². The number of nitrogens with zero attached hydrogens (tertiary/aromatic N) is 2. The molecule has 1 aliphatic heterocycles. The number of allylic oxidation sites excluding steroid dienone is 2. The lowest BCUT2D eigenvalue weighted by atomic mass is 9.92. The number of aromatic nitrogens is 1. The second-order valence-electron chi connectivity index (χ2n) is 6.30. The highest BCUT2D eigenvalue weighted by atomic mass is 16.2. The van der Waals surface area contributed by atoms with Gasteiger partial charge in [0.1, 0.15) is 0 Å². The molecule has 0 aromatic carbocycles. The molecule has 1 aromatic rings. The summed E-state index contributed by atoms with van der Waals surface area (Å²) in [7, 11) is 0. The molecule has 3 rings (SSSR count). The zero-order valence-corrected chi connectivity index (χ0v) is 13.3. The molecule has 0 bridgehead atoms. The number of rotatable bonds is 3. The van der Waals surface area contributed by atoms with Crippen molar-refractivity contribution in [2.24, 2.45) is 5.92 Å². The summed E-state index contributed by atoms with van der Waals surface area (Å²) in [5, 5.41) is 3.05. The summed E-state index contributed by atoms with van der Waals surface area (Å²) in [4.78, 5) is 30.6. The second kappa shape index (κ2) is 7.40. The van der Waals surface area contributed by atoms with Gasteiger partial charge in [-0.2, -0.15) is 0 Å². The zero-order valence-electron chi connectivity index (χ0n) is 13.3. The van der Waals surface area contributed by atoms with Crippen LogP contribution in [-0.2, 0) is 4.79 Å². The van der Waals surface area contributed by atoms with Crippen LogP contribution >= 0.6 is 0 Å². The summed E-state index contributed by atoms with van der Waals surface area (Å²) in [6.45, 7) is 1.47. The molecular weight excluding hydrogens is 290 g/mol. The first-order valence-corrected chi connectivity index (χ1v) is 8.38. The molecule has 23 heavy (non-hydrogen) atoms. The lowest BCUT2D eigenvalue weighted by molar-refractivity contribution is -0.136. The third-order valence-electron chi connectivity index (χ3n) is 4.68. The van der Waals surface area contributed by atoms with Gasteiger partial charge in [-0.3, -0.25) is 14.6 Å². The molecule has 1 N–H and O–H groups in total. The average Bonchev–Trinajstić information content (AvgIpc) is 2.63. The SMILES string of the molecule is O=C(NC1CCN(C(=O)[C@@H]2CC=CCC2)CC1)c1cccnc1. The van der Waals surface area contributed by atoms with Gasteiger partial charge >= 0.3 is 0 Å². The Morgan fingerprint density at radius 3 is 2.65 bits per heavy atom. The smallest absolute Gasteiger partial charge is 0.253 e. The molecule has 1 aliphatic carbocycles. The molecule has 1 fully saturated rings. The molecule has 0 spiro atoms. The van der Waals surface area contributed by atoms with Crippen LogP contribution in [0, 0.1) is 5.92 Å². The van der Waals surface area contributed by atoms with Crippen molar-refractivity contribution in [1.29, 1.82) is 0 Å². The highest BCUT2D eigenvalue weighted by Crippen LogP contribution is 2.22. The van der Waals surface area contributed by atoms with Gasteiger partial charge in [0.05, 0.1) is 5.56 Å². The van der Waals surface area contributed by atoms with E-state index in [0.717, 1.165) is 45.2 Å². The first-order valence-electron chi connectivity index (χ1n) is 8.38. The zero-order chi connectivity index (χ0) is 16.1. The minimum atomic E-state index is -0.0831. The summed E-state index contributed by atoms with van der Waals surface area (Å²) >= 11 is 0. The number of carbonyl (C=O) groups is 2. The quantitative estimate of drug-likeness (QED) is 0.870. The monoisotopic (exact) mass is 313 g/mol. The Kier molecular flexibility index (Phi) is 5.05. The number of pyridine rings is 1. The highest BCUT2D eigenvalue weighted by Gasteiger charge is 2.28. The van der Waals surface area contributed by atoms with Crippen molar-refractivity contribution in [3.05, 3.63) is 42.2 Å². The Morgan fingerprint density at radius 1 is 1.17 bits per heavy atom. The van der Waals surface area contributed by atoms with E-state index >= 15 is 0 Å². The molecule has 5 nitrogen and oxygen atoms in total. The number of piperidine rings is 1. The number of nitrogens with one attached hydrogen (secondary N) is 1. The van der Waals surface area contributed by atoms with Crippen LogP contribution in [0.5, 0.6) is 0 Å². The molecule has 122 valence electrons. The fraction of sp³-hybridized carbons (Fsp3) is 0.500. The normalized spacial score (nSPS) is 21.9. The second-order valence-corrected chi connectivity index (χ2v) is 6.30. The molecule has 0 radical (unpaired) electrons. The van der Waals surface area contributed by atoms with Crippen molar-refractivity contribution < 1.29 is 9.59 Å². The molecule has 2 aliphatic rings. The third kappa shape index (κ3) is 3.97. The van der Waals surface area contributed by atoms with E-state index in [4.69, 9.17) is 0 Å². The Hall–Kier alpha value is -2.17. The number of carbonyl (C=O) groups excluding carboxylic acids is 2. The van der Waals surface area contributed by atoms with Gasteiger partial charge in [-0.1, -0.05) is 12.2 Å². The van der Waals surface area contributed by atoms with E-state index in [1.54, 1.807) is 24.5 Å². The van der Waals surface area contributed by atoms with Crippen molar-refractivity contribution in [2.75, 3.05) is 13.1 Å².